The third-order valence-electron chi connectivity index (χ3n) is 5.15. The second kappa shape index (κ2) is 24.3. The molecular formula is C25H47O. The molecule has 0 rings (SSSR count). The lowest BCUT2D eigenvalue weighted by Gasteiger charge is -2.03. The van der Waals surface area contributed by atoms with Crippen LogP contribution in [0.3, 0.4) is 0 Å². The van der Waals surface area contributed by atoms with Crippen molar-refractivity contribution in [2.75, 3.05) is 0 Å². The largest absolute Gasteiger partial charge is 0.498 e. The van der Waals surface area contributed by atoms with Gasteiger partial charge in [0.1, 0.15) is 7.11 Å². The van der Waals surface area contributed by atoms with Gasteiger partial charge in [-0.3, -0.25) is 0 Å². The highest BCUT2D eigenvalue weighted by Crippen LogP contribution is 2.14. The molecule has 0 atom stereocenters. The highest BCUT2D eigenvalue weighted by Gasteiger charge is 1.94. The fourth-order valence-corrected chi connectivity index (χ4v) is 3.44. The van der Waals surface area contributed by atoms with Crippen LogP contribution in [0.15, 0.2) is 24.5 Å². The molecule has 0 fully saturated rings. The Kier molecular flexibility index (Phi) is 23.6. The zero-order valence-corrected chi connectivity index (χ0v) is 17.9. The van der Waals surface area contributed by atoms with Gasteiger partial charge in [0.05, 0.1) is 6.26 Å². The normalized spacial score (nSPS) is 11.8. The van der Waals surface area contributed by atoms with Gasteiger partial charge in [-0.05, 0) is 18.9 Å². The highest BCUT2D eigenvalue weighted by atomic mass is 16.5. The molecule has 1 nitrogen and oxygen atoms in total. The maximum Gasteiger partial charge on any atom is 0.121 e. The third-order valence-corrected chi connectivity index (χ3v) is 5.15. The van der Waals surface area contributed by atoms with Gasteiger partial charge in [-0.1, -0.05) is 128 Å². The molecule has 0 unspecified atom stereocenters. The highest BCUT2D eigenvalue weighted by molar-refractivity contribution is 4.99. The summed E-state index contributed by atoms with van der Waals surface area (Å²) in [5.41, 5.74) is 0. The predicted octanol–water partition coefficient (Wildman–Crippen LogP) is 9.30. The van der Waals surface area contributed by atoms with Gasteiger partial charge in [0.25, 0.3) is 0 Å². The molecule has 0 spiro atoms. The van der Waals surface area contributed by atoms with Crippen LogP contribution in [0.4, 0.5) is 0 Å². The number of hydrogen-bond donors (Lipinski definition) is 0. The fourth-order valence-electron chi connectivity index (χ4n) is 3.44. The Balaban J connectivity index is 3.03. The van der Waals surface area contributed by atoms with E-state index < -0.39 is 0 Å². The van der Waals surface area contributed by atoms with Gasteiger partial charge >= 0.3 is 0 Å². The first-order valence-electron chi connectivity index (χ1n) is 11.6. The minimum absolute atomic E-state index is 1.18. The lowest BCUT2D eigenvalue weighted by molar-refractivity contribution is 0.394. The number of allylic oxidation sites excluding steroid dienone is 3. The lowest BCUT2D eigenvalue weighted by atomic mass is 10.0. The zero-order chi connectivity index (χ0) is 19.0. The molecule has 0 N–H and O–H groups in total. The third kappa shape index (κ3) is 23.3. The van der Waals surface area contributed by atoms with E-state index in [-0.39, 0.29) is 0 Å². The van der Waals surface area contributed by atoms with Crippen LogP contribution in [0.1, 0.15) is 129 Å². The number of ether oxygens (including phenoxy) is 1. The van der Waals surface area contributed by atoms with E-state index in [1.165, 1.54) is 122 Å². The van der Waals surface area contributed by atoms with Crippen molar-refractivity contribution in [1.29, 1.82) is 0 Å². The maximum atomic E-state index is 4.60. The molecule has 0 aliphatic heterocycles. The van der Waals surface area contributed by atoms with Crippen LogP contribution in [0.25, 0.3) is 0 Å². The summed E-state index contributed by atoms with van der Waals surface area (Å²) in [5.74, 6) is 0. The van der Waals surface area contributed by atoms with Crippen molar-refractivity contribution in [2.24, 2.45) is 0 Å². The van der Waals surface area contributed by atoms with Gasteiger partial charge in [0.15, 0.2) is 0 Å². The molecule has 0 saturated carbocycles. The predicted molar refractivity (Wildman–Crippen MR) is 118 cm³/mol. The SMILES string of the molecule is [CH2]O/C=C/C=C/CCCCCCCCCCCCCCCCCCCC. The molecular weight excluding hydrogens is 316 g/mol. The molecule has 0 bridgehead atoms. The van der Waals surface area contributed by atoms with Gasteiger partial charge in [-0.25, -0.2) is 0 Å². The Morgan fingerprint density at radius 3 is 1.31 bits per heavy atom. The Bertz CT molecular complexity index is 293. The quantitative estimate of drug-likeness (QED) is 0.112. The molecule has 0 saturated heterocycles. The summed E-state index contributed by atoms with van der Waals surface area (Å²) in [7, 11) is 3.29. The van der Waals surface area contributed by atoms with E-state index in [9.17, 15) is 0 Å². The first-order valence-corrected chi connectivity index (χ1v) is 11.6. The van der Waals surface area contributed by atoms with Crippen LogP contribution in [-0.2, 0) is 4.74 Å². The summed E-state index contributed by atoms with van der Waals surface area (Å²) in [6, 6.07) is 0. The molecule has 0 amide bonds. The fraction of sp³-hybridized carbons (Fsp3) is 0.800. The summed E-state index contributed by atoms with van der Waals surface area (Å²) in [6.45, 7) is 2.29. The summed E-state index contributed by atoms with van der Waals surface area (Å²) in [6.07, 6.45) is 34.8. The van der Waals surface area contributed by atoms with E-state index in [0.29, 0.717) is 0 Å². The summed E-state index contributed by atoms with van der Waals surface area (Å²) in [4.78, 5) is 0. The number of unbranched alkanes of at least 4 members (excludes halogenated alkanes) is 18. The molecule has 0 aromatic heterocycles. The Morgan fingerprint density at radius 1 is 0.538 bits per heavy atom. The van der Waals surface area contributed by atoms with Crippen molar-refractivity contribution in [1.82, 2.24) is 0 Å². The number of rotatable bonds is 21. The molecule has 26 heavy (non-hydrogen) atoms. The molecule has 0 aliphatic rings. The van der Waals surface area contributed by atoms with E-state index in [2.05, 4.69) is 24.8 Å². The van der Waals surface area contributed by atoms with E-state index in [4.69, 9.17) is 0 Å². The van der Waals surface area contributed by atoms with Gasteiger partial charge in [-0.15, -0.1) is 0 Å². The van der Waals surface area contributed by atoms with Crippen molar-refractivity contribution in [2.45, 2.75) is 129 Å². The van der Waals surface area contributed by atoms with Gasteiger partial charge in [0, 0.05) is 0 Å². The van der Waals surface area contributed by atoms with Crippen molar-refractivity contribution < 1.29 is 4.74 Å². The second-order valence-corrected chi connectivity index (χ2v) is 7.72. The minimum Gasteiger partial charge on any atom is -0.498 e. The lowest BCUT2D eigenvalue weighted by Crippen LogP contribution is -1.84. The zero-order valence-electron chi connectivity index (χ0n) is 17.9. The smallest absolute Gasteiger partial charge is 0.121 e. The second-order valence-electron chi connectivity index (χ2n) is 7.72. The van der Waals surface area contributed by atoms with Crippen molar-refractivity contribution in [3.05, 3.63) is 31.6 Å². The van der Waals surface area contributed by atoms with Crippen LogP contribution in [0, 0.1) is 7.11 Å². The minimum atomic E-state index is 1.18. The topological polar surface area (TPSA) is 9.23 Å². The first-order chi connectivity index (χ1) is 12.9. The average molecular weight is 364 g/mol. The summed E-state index contributed by atoms with van der Waals surface area (Å²) in [5, 5.41) is 0. The number of hydrogen-bond acceptors (Lipinski definition) is 1. The average Bonchev–Trinajstić information content (AvgIpc) is 2.66. The van der Waals surface area contributed by atoms with Gasteiger partial charge in [-0.2, -0.15) is 0 Å². The van der Waals surface area contributed by atoms with E-state index in [0.717, 1.165) is 0 Å². The van der Waals surface area contributed by atoms with Crippen LogP contribution < -0.4 is 0 Å². The molecule has 0 aromatic carbocycles. The molecule has 0 heterocycles. The van der Waals surface area contributed by atoms with E-state index in [1.54, 1.807) is 6.26 Å². The molecule has 153 valence electrons. The Labute approximate surface area is 165 Å². The van der Waals surface area contributed by atoms with Crippen molar-refractivity contribution in [3.63, 3.8) is 0 Å². The molecule has 0 aromatic rings. The van der Waals surface area contributed by atoms with E-state index >= 15 is 0 Å². The molecule has 1 heteroatoms. The summed E-state index contributed by atoms with van der Waals surface area (Å²) < 4.78 is 4.60. The van der Waals surface area contributed by atoms with Crippen LogP contribution in [0.2, 0.25) is 0 Å². The monoisotopic (exact) mass is 363 g/mol. The maximum absolute atomic E-state index is 4.60. The van der Waals surface area contributed by atoms with Crippen LogP contribution >= 0.6 is 0 Å². The first kappa shape index (κ1) is 25.3. The van der Waals surface area contributed by atoms with E-state index in [1.807, 2.05) is 12.2 Å². The standard InChI is InChI=1S/C25H47O/c1-3-4-5-6-7-8-9-10-11-12-13-14-15-16-17-18-19-20-21-22-23-24-25-26-2/h22-25H,2-21H2,1H3/b23-22+,25-24+. The van der Waals surface area contributed by atoms with Crippen molar-refractivity contribution in [3.8, 4) is 0 Å². The van der Waals surface area contributed by atoms with Crippen LogP contribution in [0.5, 0.6) is 0 Å². The molecule has 0 aliphatic carbocycles. The van der Waals surface area contributed by atoms with Crippen molar-refractivity contribution >= 4 is 0 Å². The summed E-state index contributed by atoms with van der Waals surface area (Å²) >= 11 is 0. The van der Waals surface area contributed by atoms with Crippen LogP contribution in [-0.4, -0.2) is 0 Å². The Morgan fingerprint density at radius 2 is 0.923 bits per heavy atom. The Hall–Kier alpha value is -0.720. The molecule has 1 radical (unpaired) electrons. The van der Waals surface area contributed by atoms with Gasteiger partial charge < -0.3 is 4.74 Å². The van der Waals surface area contributed by atoms with Gasteiger partial charge in [0.2, 0.25) is 0 Å².